The van der Waals surface area contributed by atoms with Gasteiger partial charge in [0.05, 0.1) is 13.7 Å². The van der Waals surface area contributed by atoms with Gasteiger partial charge in [0.1, 0.15) is 11.5 Å². The van der Waals surface area contributed by atoms with Crippen molar-refractivity contribution in [2.45, 2.75) is 19.8 Å². The Balaban J connectivity index is 1.70. The third-order valence-electron chi connectivity index (χ3n) is 5.26. The van der Waals surface area contributed by atoms with Gasteiger partial charge in [-0.1, -0.05) is 12.1 Å². The van der Waals surface area contributed by atoms with E-state index in [9.17, 15) is 19.5 Å². The summed E-state index contributed by atoms with van der Waals surface area (Å²) >= 11 is 1.04. The van der Waals surface area contributed by atoms with Crippen molar-refractivity contribution in [3.8, 4) is 21.9 Å². The van der Waals surface area contributed by atoms with Crippen molar-refractivity contribution in [2.75, 3.05) is 33.4 Å². The number of likely N-dealkylation sites (tertiary alicyclic amines) is 1. The summed E-state index contributed by atoms with van der Waals surface area (Å²) < 4.78 is 16.0. The molecule has 1 aromatic carbocycles. The second kappa shape index (κ2) is 10.4. The van der Waals surface area contributed by atoms with Gasteiger partial charge in [-0.25, -0.2) is 14.4 Å². The van der Waals surface area contributed by atoms with E-state index in [-0.39, 0.29) is 16.7 Å². The molecule has 0 atom stereocenters. The van der Waals surface area contributed by atoms with E-state index in [1.165, 1.54) is 7.11 Å². The SMILES string of the molecule is COC(=O)N1CCC(COc2cccc(-c3sc(C(=O)O)c(OCC(=O)O)c3C)c2)CC1. The topological polar surface area (TPSA) is 123 Å². The lowest BCUT2D eigenvalue weighted by molar-refractivity contribution is -0.139. The quantitative estimate of drug-likeness (QED) is 0.607. The van der Waals surface area contributed by atoms with E-state index in [1.807, 2.05) is 24.3 Å². The largest absolute Gasteiger partial charge is 0.493 e. The molecule has 0 aliphatic carbocycles. The van der Waals surface area contributed by atoms with E-state index >= 15 is 0 Å². The monoisotopic (exact) mass is 463 g/mol. The maximum atomic E-state index is 11.6. The molecule has 0 unspecified atom stereocenters. The fraction of sp³-hybridized carbons (Fsp3) is 0.409. The smallest absolute Gasteiger partial charge is 0.409 e. The number of thiophene rings is 1. The van der Waals surface area contributed by atoms with Crippen LogP contribution in [0.1, 0.15) is 28.1 Å². The van der Waals surface area contributed by atoms with Gasteiger partial charge in [-0.05, 0) is 43.4 Å². The minimum absolute atomic E-state index is 0.0394. The predicted molar refractivity (Wildman–Crippen MR) is 117 cm³/mol. The lowest BCUT2D eigenvalue weighted by atomic mass is 9.98. The number of hydrogen-bond donors (Lipinski definition) is 2. The molecule has 32 heavy (non-hydrogen) atoms. The molecule has 0 saturated carbocycles. The number of piperidine rings is 1. The van der Waals surface area contributed by atoms with Crippen LogP contribution in [0, 0.1) is 12.8 Å². The first-order valence-electron chi connectivity index (χ1n) is 10.1. The van der Waals surface area contributed by atoms with Crippen LogP contribution in [0.15, 0.2) is 24.3 Å². The number of hydrogen-bond acceptors (Lipinski definition) is 7. The van der Waals surface area contributed by atoms with E-state index < -0.39 is 18.5 Å². The highest BCUT2D eigenvalue weighted by Gasteiger charge is 2.25. The summed E-state index contributed by atoms with van der Waals surface area (Å²) in [6.45, 7) is 2.86. The number of amides is 1. The van der Waals surface area contributed by atoms with Gasteiger partial charge in [-0.2, -0.15) is 0 Å². The molecule has 1 amide bonds. The Kier molecular flexibility index (Phi) is 7.57. The van der Waals surface area contributed by atoms with E-state index in [0.717, 1.165) is 29.7 Å². The zero-order valence-electron chi connectivity index (χ0n) is 17.8. The molecule has 9 nitrogen and oxygen atoms in total. The van der Waals surface area contributed by atoms with Crippen molar-refractivity contribution in [2.24, 2.45) is 5.92 Å². The molecule has 10 heteroatoms. The fourth-order valence-corrected chi connectivity index (χ4v) is 4.66. The van der Waals surface area contributed by atoms with E-state index in [1.54, 1.807) is 11.8 Å². The molecule has 0 radical (unpaired) electrons. The van der Waals surface area contributed by atoms with Crippen LogP contribution in [0.25, 0.3) is 10.4 Å². The van der Waals surface area contributed by atoms with Crippen molar-refractivity contribution >= 4 is 29.4 Å². The molecule has 1 aromatic heterocycles. The van der Waals surface area contributed by atoms with E-state index in [4.69, 9.17) is 19.3 Å². The number of nitrogens with zero attached hydrogens (tertiary/aromatic N) is 1. The summed E-state index contributed by atoms with van der Waals surface area (Å²) in [6, 6.07) is 7.32. The molecule has 1 fully saturated rings. The van der Waals surface area contributed by atoms with Gasteiger partial charge in [-0.15, -0.1) is 11.3 Å². The number of aliphatic carboxylic acids is 1. The highest BCUT2D eigenvalue weighted by atomic mass is 32.1. The van der Waals surface area contributed by atoms with Gasteiger partial charge in [0, 0.05) is 23.5 Å². The fourth-order valence-electron chi connectivity index (χ4n) is 3.57. The summed E-state index contributed by atoms with van der Waals surface area (Å²) in [5, 5.41) is 18.4. The molecule has 1 aliphatic rings. The van der Waals surface area contributed by atoms with Gasteiger partial charge in [-0.3, -0.25) is 0 Å². The first-order chi connectivity index (χ1) is 15.3. The Morgan fingerprint density at radius 1 is 1.16 bits per heavy atom. The molecule has 0 spiro atoms. The first kappa shape index (κ1) is 23.4. The number of rotatable bonds is 8. The third-order valence-corrected chi connectivity index (χ3v) is 6.57. The van der Waals surface area contributed by atoms with Crippen LogP contribution in [0.2, 0.25) is 0 Å². The molecule has 2 heterocycles. The maximum Gasteiger partial charge on any atom is 0.409 e. The molecule has 1 aliphatic heterocycles. The summed E-state index contributed by atoms with van der Waals surface area (Å²) in [5.74, 6) is -1.31. The molecule has 1 saturated heterocycles. The zero-order valence-corrected chi connectivity index (χ0v) is 18.6. The normalized spacial score (nSPS) is 14.1. The standard InChI is InChI=1S/C22H25NO8S/c1-13-18(31-12-17(24)25)20(21(26)27)32-19(13)15-4-3-5-16(10-15)30-11-14-6-8-23(9-7-14)22(28)29-2/h3-5,10,14H,6-9,11-12H2,1-2H3,(H,24,25)(H,26,27). The van der Waals surface area contributed by atoms with Crippen molar-refractivity contribution in [3.05, 3.63) is 34.7 Å². The lowest BCUT2D eigenvalue weighted by Gasteiger charge is -2.30. The average Bonchev–Trinajstić information content (AvgIpc) is 3.12. The number of aromatic carboxylic acids is 1. The molecule has 0 bridgehead atoms. The van der Waals surface area contributed by atoms with Gasteiger partial charge in [0.2, 0.25) is 0 Å². The summed E-state index contributed by atoms with van der Waals surface area (Å²) in [6.07, 6.45) is 1.34. The number of carbonyl (C=O) groups is 3. The highest BCUT2D eigenvalue weighted by molar-refractivity contribution is 7.18. The Bertz CT molecular complexity index is 994. The number of benzene rings is 1. The minimum Gasteiger partial charge on any atom is -0.493 e. The second-order valence-corrected chi connectivity index (χ2v) is 8.46. The molecule has 2 aromatic rings. The third kappa shape index (κ3) is 5.50. The average molecular weight is 464 g/mol. The van der Waals surface area contributed by atoms with Crippen LogP contribution >= 0.6 is 11.3 Å². The van der Waals surface area contributed by atoms with Crippen LogP contribution < -0.4 is 9.47 Å². The Labute approximate surface area is 189 Å². The van der Waals surface area contributed by atoms with Gasteiger partial charge in [0.25, 0.3) is 0 Å². The number of carboxylic acids is 2. The van der Waals surface area contributed by atoms with Gasteiger partial charge >= 0.3 is 18.0 Å². The number of carbonyl (C=O) groups excluding carboxylic acids is 1. The first-order valence-corrected chi connectivity index (χ1v) is 10.9. The van der Waals surface area contributed by atoms with Gasteiger partial charge in [0.15, 0.2) is 11.5 Å². The number of carboxylic acid groups (broad SMARTS) is 2. The molecule has 172 valence electrons. The van der Waals surface area contributed by atoms with E-state index in [0.29, 0.717) is 41.8 Å². The zero-order chi connectivity index (χ0) is 23.3. The van der Waals surface area contributed by atoms with Crippen LogP contribution in [-0.2, 0) is 9.53 Å². The summed E-state index contributed by atoms with van der Waals surface area (Å²) in [4.78, 5) is 36.4. The Morgan fingerprint density at radius 2 is 1.88 bits per heavy atom. The maximum absolute atomic E-state index is 11.6. The van der Waals surface area contributed by atoms with Gasteiger partial charge < -0.3 is 29.3 Å². The molecule has 3 rings (SSSR count). The van der Waals surface area contributed by atoms with Crippen LogP contribution in [0.4, 0.5) is 4.79 Å². The Hall–Kier alpha value is -3.27. The lowest BCUT2D eigenvalue weighted by Crippen LogP contribution is -2.39. The predicted octanol–water partition coefficient (Wildman–Crippen LogP) is 3.74. The van der Waals surface area contributed by atoms with Crippen LogP contribution in [0.5, 0.6) is 11.5 Å². The molecular formula is C22H25NO8S. The number of methoxy groups -OCH3 is 1. The van der Waals surface area contributed by atoms with Crippen LogP contribution in [0.3, 0.4) is 0 Å². The molecular weight excluding hydrogens is 438 g/mol. The molecule has 2 N–H and O–H groups in total. The number of ether oxygens (including phenoxy) is 3. The summed E-state index contributed by atoms with van der Waals surface area (Å²) in [7, 11) is 1.38. The van der Waals surface area contributed by atoms with Crippen molar-refractivity contribution in [1.82, 2.24) is 4.90 Å². The minimum atomic E-state index is -1.18. The van der Waals surface area contributed by atoms with E-state index in [2.05, 4.69) is 0 Å². The van der Waals surface area contributed by atoms with Crippen molar-refractivity contribution in [3.63, 3.8) is 0 Å². The highest BCUT2D eigenvalue weighted by Crippen LogP contribution is 2.42. The Morgan fingerprint density at radius 3 is 2.50 bits per heavy atom. The second-order valence-electron chi connectivity index (χ2n) is 7.44. The van der Waals surface area contributed by atoms with Crippen molar-refractivity contribution in [1.29, 1.82) is 0 Å². The van der Waals surface area contributed by atoms with Crippen molar-refractivity contribution < 1.29 is 38.8 Å². The van der Waals surface area contributed by atoms with Crippen LogP contribution in [-0.4, -0.2) is 66.6 Å². The summed E-state index contributed by atoms with van der Waals surface area (Å²) in [5.41, 5.74) is 1.33.